The van der Waals surface area contributed by atoms with Crippen molar-refractivity contribution in [2.75, 3.05) is 0 Å². The molecule has 18 heavy (non-hydrogen) atoms. The summed E-state index contributed by atoms with van der Waals surface area (Å²) in [6.07, 6.45) is 0. The van der Waals surface area contributed by atoms with Crippen LogP contribution >= 0.6 is 11.6 Å². The second-order valence-electron chi connectivity index (χ2n) is 4.76. The average Bonchev–Trinajstić information content (AvgIpc) is 2.24. The maximum atomic E-state index is 13.6. The van der Waals surface area contributed by atoms with Crippen molar-refractivity contribution in [1.29, 1.82) is 0 Å². The SMILES string of the molecule is CC(=N[S+]([O-])C(C)(C)C)c1ccc(Cl)c(F)c1F. The van der Waals surface area contributed by atoms with Crippen LogP contribution in [0.2, 0.25) is 5.02 Å². The average molecular weight is 294 g/mol. The summed E-state index contributed by atoms with van der Waals surface area (Å²) in [6.45, 7) is 6.73. The van der Waals surface area contributed by atoms with Crippen molar-refractivity contribution >= 4 is 28.7 Å². The number of hydrogen-bond donors (Lipinski definition) is 0. The highest BCUT2D eigenvalue weighted by Crippen LogP contribution is 2.23. The van der Waals surface area contributed by atoms with Crippen LogP contribution in [0.3, 0.4) is 0 Å². The van der Waals surface area contributed by atoms with Crippen LogP contribution in [0.4, 0.5) is 8.78 Å². The van der Waals surface area contributed by atoms with Gasteiger partial charge in [0.15, 0.2) is 11.6 Å². The van der Waals surface area contributed by atoms with Crippen molar-refractivity contribution in [1.82, 2.24) is 0 Å². The highest BCUT2D eigenvalue weighted by molar-refractivity contribution is 7.91. The lowest BCUT2D eigenvalue weighted by atomic mass is 10.1. The zero-order chi connectivity index (χ0) is 14.1. The van der Waals surface area contributed by atoms with Crippen LogP contribution in [0.1, 0.15) is 33.3 Å². The molecule has 0 aliphatic heterocycles. The molecule has 0 bridgehead atoms. The molecule has 2 nitrogen and oxygen atoms in total. The molecule has 1 aromatic carbocycles. The minimum absolute atomic E-state index is 0.0329. The van der Waals surface area contributed by atoms with Crippen LogP contribution in [0, 0.1) is 11.6 Å². The van der Waals surface area contributed by atoms with Crippen LogP contribution in [0.25, 0.3) is 0 Å². The molecule has 0 aliphatic carbocycles. The quantitative estimate of drug-likeness (QED) is 0.463. The van der Waals surface area contributed by atoms with E-state index in [9.17, 15) is 13.3 Å². The first-order chi connectivity index (χ1) is 8.14. The van der Waals surface area contributed by atoms with Crippen LogP contribution < -0.4 is 0 Å². The van der Waals surface area contributed by atoms with Gasteiger partial charge < -0.3 is 4.55 Å². The molecule has 0 aromatic heterocycles. The van der Waals surface area contributed by atoms with Gasteiger partial charge in [-0.3, -0.25) is 0 Å². The Morgan fingerprint density at radius 2 is 1.83 bits per heavy atom. The summed E-state index contributed by atoms with van der Waals surface area (Å²) in [5, 5.41) is -0.291. The molecule has 0 N–H and O–H groups in total. The monoisotopic (exact) mass is 293 g/mol. The van der Waals surface area contributed by atoms with Gasteiger partial charge in [-0.05, 0) is 39.8 Å². The maximum Gasteiger partial charge on any atom is 0.178 e. The van der Waals surface area contributed by atoms with Gasteiger partial charge in [-0.25, -0.2) is 8.78 Å². The minimum atomic E-state index is -1.52. The normalized spacial score (nSPS) is 14.8. The molecule has 0 amide bonds. The van der Waals surface area contributed by atoms with E-state index in [1.165, 1.54) is 19.1 Å². The van der Waals surface area contributed by atoms with Gasteiger partial charge in [-0.2, -0.15) is 0 Å². The summed E-state index contributed by atoms with van der Waals surface area (Å²) in [5.41, 5.74) is 0.144. The lowest BCUT2D eigenvalue weighted by Gasteiger charge is -2.18. The molecule has 0 radical (unpaired) electrons. The standard InChI is InChI=1S/C12H14ClF2NOS/c1-7(16-18(17)12(2,3)4)8-5-6-9(13)11(15)10(8)14/h5-6H,1-4H3. The number of nitrogens with zero attached hydrogens (tertiary/aromatic N) is 1. The molecule has 0 fully saturated rings. The first-order valence-electron chi connectivity index (χ1n) is 5.25. The molecular formula is C12H14ClF2NOS. The molecule has 6 heteroatoms. The van der Waals surface area contributed by atoms with E-state index in [0.29, 0.717) is 0 Å². The van der Waals surface area contributed by atoms with Crippen LogP contribution in [0.5, 0.6) is 0 Å². The molecule has 0 aliphatic rings. The van der Waals surface area contributed by atoms with Gasteiger partial charge in [0.05, 0.1) is 10.7 Å². The van der Waals surface area contributed by atoms with Crippen molar-refractivity contribution in [3.05, 3.63) is 34.4 Å². The van der Waals surface area contributed by atoms with E-state index < -0.39 is 27.7 Å². The predicted octanol–water partition coefficient (Wildman–Crippen LogP) is 3.89. The summed E-state index contributed by atoms with van der Waals surface area (Å²) in [7, 11) is 0. The fourth-order valence-electron chi connectivity index (χ4n) is 1.12. The molecular weight excluding hydrogens is 280 g/mol. The summed E-state index contributed by atoms with van der Waals surface area (Å²) < 4.78 is 42.0. The van der Waals surface area contributed by atoms with Gasteiger partial charge in [-0.1, -0.05) is 16.0 Å². The minimum Gasteiger partial charge on any atom is -0.591 e. The van der Waals surface area contributed by atoms with Crippen molar-refractivity contribution in [2.45, 2.75) is 32.4 Å². The Labute approximate surface area is 113 Å². The summed E-state index contributed by atoms with van der Waals surface area (Å²) in [5.74, 6) is -2.19. The largest absolute Gasteiger partial charge is 0.591 e. The van der Waals surface area contributed by atoms with Gasteiger partial charge in [0.2, 0.25) is 0 Å². The van der Waals surface area contributed by atoms with Crippen molar-refractivity contribution < 1.29 is 13.3 Å². The van der Waals surface area contributed by atoms with Gasteiger partial charge in [0, 0.05) is 5.56 Å². The summed E-state index contributed by atoms with van der Waals surface area (Å²) in [4.78, 5) is 0. The van der Waals surface area contributed by atoms with E-state index in [-0.39, 0.29) is 16.3 Å². The zero-order valence-electron chi connectivity index (χ0n) is 10.6. The van der Waals surface area contributed by atoms with Crippen molar-refractivity contribution in [3.63, 3.8) is 0 Å². The third-order valence-corrected chi connectivity index (χ3v) is 3.95. The highest BCUT2D eigenvalue weighted by atomic mass is 35.5. The molecule has 0 heterocycles. The first-order valence-corrected chi connectivity index (χ1v) is 6.74. The van der Waals surface area contributed by atoms with E-state index in [1.807, 2.05) is 0 Å². The van der Waals surface area contributed by atoms with Gasteiger partial charge in [-0.15, -0.1) is 0 Å². The fraction of sp³-hybridized carbons (Fsp3) is 0.417. The van der Waals surface area contributed by atoms with Crippen LogP contribution in [-0.2, 0) is 11.4 Å². The van der Waals surface area contributed by atoms with Crippen molar-refractivity contribution in [2.24, 2.45) is 4.40 Å². The molecule has 0 spiro atoms. The topological polar surface area (TPSA) is 35.4 Å². The van der Waals surface area contributed by atoms with Gasteiger partial charge in [0.25, 0.3) is 0 Å². The van der Waals surface area contributed by atoms with Gasteiger partial charge >= 0.3 is 0 Å². The number of benzene rings is 1. The fourth-order valence-corrected chi connectivity index (χ4v) is 1.88. The Bertz CT molecular complexity index is 486. The van der Waals surface area contributed by atoms with E-state index in [2.05, 4.69) is 4.40 Å². The number of hydrogen-bond acceptors (Lipinski definition) is 2. The molecule has 1 unspecified atom stereocenters. The van der Waals surface area contributed by atoms with Gasteiger partial charge in [0.1, 0.15) is 16.1 Å². The smallest absolute Gasteiger partial charge is 0.178 e. The van der Waals surface area contributed by atoms with E-state index in [1.54, 1.807) is 20.8 Å². The lowest BCUT2D eigenvalue weighted by Crippen LogP contribution is -2.26. The Morgan fingerprint density at radius 1 is 1.28 bits per heavy atom. The molecule has 1 rings (SSSR count). The van der Waals surface area contributed by atoms with Crippen molar-refractivity contribution in [3.8, 4) is 0 Å². The Morgan fingerprint density at radius 3 is 2.33 bits per heavy atom. The van der Waals surface area contributed by atoms with E-state index >= 15 is 0 Å². The third-order valence-electron chi connectivity index (χ3n) is 2.17. The van der Waals surface area contributed by atoms with Crippen LogP contribution in [0.15, 0.2) is 16.5 Å². The predicted molar refractivity (Wildman–Crippen MR) is 71.5 cm³/mol. The Hall–Kier alpha value is -0.650. The molecule has 100 valence electrons. The first kappa shape index (κ1) is 15.4. The second kappa shape index (κ2) is 5.55. The Kier molecular flexibility index (Phi) is 4.75. The second-order valence-corrected chi connectivity index (χ2v) is 7.07. The molecule has 1 aromatic rings. The molecule has 0 saturated heterocycles. The Balaban J connectivity index is 3.16. The number of rotatable bonds is 2. The summed E-state index contributed by atoms with van der Waals surface area (Å²) in [6, 6.07) is 2.56. The third kappa shape index (κ3) is 3.43. The maximum absolute atomic E-state index is 13.6. The van der Waals surface area contributed by atoms with Crippen LogP contribution in [-0.4, -0.2) is 15.0 Å². The number of halogens is 3. The molecule has 0 saturated carbocycles. The lowest BCUT2D eigenvalue weighted by molar-refractivity contribution is 0.507. The highest BCUT2D eigenvalue weighted by Gasteiger charge is 2.27. The molecule has 1 atom stereocenters. The zero-order valence-corrected chi connectivity index (χ0v) is 12.1. The van der Waals surface area contributed by atoms with E-state index in [0.717, 1.165) is 0 Å². The summed E-state index contributed by atoms with van der Waals surface area (Å²) >= 11 is 3.93. The van der Waals surface area contributed by atoms with E-state index in [4.69, 9.17) is 11.6 Å².